The largest absolute Gasteiger partial charge is 0.365 e. The normalized spacial score (nSPS) is 12.2. The lowest BCUT2D eigenvalue weighted by Gasteiger charge is -2.07. The molecule has 2 heterocycles. The molecule has 0 fully saturated rings. The first-order valence-electron chi connectivity index (χ1n) is 9.74. The Morgan fingerprint density at radius 3 is 2.33 bits per heavy atom. The van der Waals surface area contributed by atoms with Gasteiger partial charge < -0.3 is 9.97 Å². The lowest BCUT2D eigenvalue weighted by Crippen LogP contribution is -2.10. The Labute approximate surface area is 176 Å². The van der Waals surface area contributed by atoms with E-state index in [1.54, 1.807) is 24.3 Å². The molecule has 0 aliphatic rings. The van der Waals surface area contributed by atoms with Crippen LogP contribution in [0.1, 0.15) is 28.2 Å². The first-order valence-corrected chi connectivity index (χ1v) is 11.2. The molecular weight excluding hydrogens is 394 g/mol. The number of benzene rings is 2. The minimum Gasteiger partial charge on any atom is -0.365 e. The predicted octanol–water partition coefficient (Wildman–Crippen LogP) is 4.66. The van der Waals surface area contributed by atoms with E-state index in [1.165, 1.54) is 0 Å². The van der Waals surface area contributed by atoms with E-state index >= 15 is 0 Å². The van der Waals surface area contributed by atoms with Crippen molar-refractivity contribution in [2.24, 2.45) is 4.40 Å². The topological polar surface area (TPSA) is 78.1 Å². The molecule has 0 spiro atoms. The summed E-state index contributed by atoms with van der Waals surface area (Å²) in [5.41, 5.74) is 5.26. The van der Waals surface area contributed by atoms with Gasteiger partial charge in [0.1, 0.15) is 0 Å². The molecular formula is C24H23N3O2S. The van der Waals surface area contributed by atoms with Crippen molar-refractivity contribution in [2.45, 2.75) is 24.7 Å². The number of hydrogen-bond acceptors (Lipinski definition) is 2. The maximum absolute atomic E-state index is 13.0. The van der Waals surface area contributed by atoms with Gasteiger partial charge in [-0.1, -0.05) is 48.0 Å². The average molecular weight is 418 g/mol. The van der Waals surface area contributed by atoms with E-state index in [0.717, 1.165) is 22.5 Å². The van der Waals surface area contributed by atoms with Crippen LogP contribution in [0.5, 0.6) is 0 Å². The summed E-state index contributed by atoms with van der Waals surface area (Å²) < 4.78 is 30.2. The van der Waals surface area contributed by atoms with Gasteiger partial charge in [0.25, 0.3) is 10.0 Å². The number of hydrogen-bond donors (Lipinski definition) is 2. The summed E-state index contributed by atoms with van der Waals surface area (Å²) in [5, 5.41) is 0. The zero-order valence-electron chi connectivity index (χ0n) is 16.7. The monoisotopic (exact) mass is 417 g/mol. The van der Waals surface area contributed by atoms with E-state index < -0.39 is 10.0 Å². The Morgan fingerprint density at radius 2 is 1.63 bits per heavy atom. The maximum Gasteiger partial charge on any atom is 0.282 e. The Balaban J connectivity index is 1.70. The average Bonchev–Trinajstić information content (AvgIpc) is 3.41. The van der Waals surface area contributed by atoms with Crippen LogP contribution in [0.2, 0.25) is 0 Å². The second-order valence-corrected chi connectivity index (χ2v) is 8.86. The van der Waals surface area contributed by atoms with E-state index in [9.17, 15) is 8.42 Å². The third-order valence-electron chi connectivity index (χ3n) is 4.86. The van der Waals surface area contributed by atoms with Crippen LogP contribution in [0.3, 0.4) is 0 Å². The first kappa shape index (κ1) is 19.9. The molecule has 0 unspecified atom stereocenters. The molecule has 4 rings (SSSR count). The van der Waals surface area contributed by atoms with Crippen LogP contribution in [0.4, 0.5) is 0 Å². The predicted molar refractivity (Wildman–Crippen MR) is 119 cm³/mol. The molecule has 6 heteroatoms. The molecule has 0 amide bonds. The van der Waals surface area contributed by atoms with Gasteiger partial charge in [0.2, 0.25) is 0 Å². The fourth-order valence-electron chi connectivity index (χ4n) is 3.27. The van der Waals surface area contributed by atoms with Crippen molar-refractivity contribution in [3.8, 4) is 0 Å². The van der Waals surface area contributed by atoms with Crippen LogP contribution in [0.15, 0.2) is 94.4 Å². The molecule has 0 aliphatic heterocycles. The highest BCUT2D eigenvalue weighted by Gasteiger charge is 2.17. The Kier molecular flexibility index (Phi) is 5.68. The van der Waals surface area contributed by atoms with E-state index in [-0.39, 0.29) is 4.90 Å². The molecule has 2 N–H and O–H groups in total. The smallest absolute Gasteiger partial charge is 0.282 e. The molecule has 0 aliphatic carbocycles. The number of nitrogens with one attached hydrogen (secondary N) is 2. The van der Waals surface area contributed by atoms with Crippen molar-refractivity contribution < 1.29 is 8.42 Å². The summed E-state index contributed by atoms with van der Waals surface area (Å²) in [7, 11) is -3.82. The van der Waals surface area contributed by atoms with Crippen molar-refractivity contribution in [2.75, 3.05) is 0 Å². The van der Waals surface area contributed by atoms with Gasteiger partial charge in [-0.15, -0.1) is 0 Å². The lowest BCUT2D eigenvalue weighted by molar-refractivity contribution is 0.598. The van der Waals surface area contributed by atoms with Crippen LogP contribution in [0.25, 0.3) is 0 Å². The third-order valence-corrected chi connectivity index (χ3v) is 6.19. The van der Waals surface area contributed by atoms with Crippen LogP contribution in [-0.2, 0) is 22.9 Å². The van der Waals surface area contributed by atoms with Gasteiger partial charge in [0.15, 0.2) is 0 Å². The van der Waals surface area contributed by atoms with Crippen LogP contribution in [-0.4, -0.2) is 24.1 Å². The van der Waals surface area contributed by atoms with Gasteiger partial charge in [-0.2, -0.15) is 12.8 Å². The van der Waals surface area contributed by atoms with E-state index in [1.807, 2.05) is 67.7 Å². The highest BCUT2D eigenvalue weighted by molar-refractivity contribution is 7.90. The molecule has 152 valence electrons. The fourth-order valence-corrected chi connectivity index (χ4v) is 4.31. The minimum absolute atomic E-state index is 0.192. The zero-order valence-corrected chi connectivity index (χ0v) is 17.5. The van der Waals surface area contributed by atoms with Crippen molar-refractivity contribution in [1.29, 1.82) is 0 Å². The standard InChI is InChI=1S/C24H23N3O2S/c1-18-9-12-22(13-10-18)30(28,29)27-24(16-19-6-3-2-4-7-19)23-14-11-21(26-23)17-20-8-5-15-25-20/h2-15,25-26H,16-17H2,1H3/b27-24+. The summed E-state index contributed by atoms with van der Waals surface area (Å²) in [4.78, 5) is 6.71. The second kappa shape index (κ2) is 8.55. The van der Waals surface area contributed by atoms with Crippen molar-refractivity contribution in [1.82, 2.24) is 9.97 Å². The van der Waals surface area contributed by atoms with Gasteiger partial charge in [0.05, 0.1) is 16.3 Å². The summed E-state index contributed by atoms with van der Waals surface area (Å²) in [6.07, 6.45) is 3.00. The Hall–Kier alpha value is -3.38. The van der Waals surface area contributed by atoms with Gasteiger partial charge in [-0.05, 0) is 48.9 Å². The number of nitrogens with zero attached hydrogens (tertiary/aromatic N) is 1. The van der Waals surface area contributed by atoms with Gasteiger partial charge in [-0.25, -0.2) is 0 Å². The Morgan fingerprint density at radius 1 is 0.867 bits per heavy atom. The van der Waals surface area contributed by atoms with E-state index in [2.05, 4.69) is 14.4 Å². The van der Waals surface area contributed by atoms with Gasteiger partial charge in [-0.3, -0.25) is 0 Å². The van der Waals surface area contributed by atoms with E-state index in [0.29, 0.717) is 24.2 Å². The van der Waals surface area contributed by atoms with Crippen molar-refractivity contribution in [3.05, 3.63) is 113 Å². The molecule has 0 radical (unpaired) electrons. The number of aromatic nitrogens is 2. The van der Waals surface area contributed by atoms with Crippen molar-refractivity contribution >= 4 is 15.7 Å². The highest BCUT2D eigenvalue weighted by atomic mass is 32.2. The molecule has 0 saturated carbocycles. The molecule has 5 nitrogen and oxygen atoms in total. The maximum atomic E-state index is 13.0. The molecule has 0 bridgehead atoms. The third kappa shape index (κ3) is 4.78. The SMILES string of the molecule is Cc1ccc(S(=O)(=O)/N=C(\Cc2ccccc2)c2ccc(Cc3ccc[nH]3)[nH]2)cc1. The number of aromatic amines is 2. The molecule has 2 aromatic heterocycles. The van der Waals surface area contributed by atoms with Crippen LogP contribution < -0.4 is 0 Å². The van der Waals surface area contributed by atoms with Gasteiger partial charge >= 0.3 is 0 Å². The summed E-state index contributed by atoms with van der Waals surface area (Å²) >= 11 is 0. The van der Waals surface area contributed by atoms with Gasteiger partial charge in [0, 0.05) is 30.4 Å². The summed E-state index contributed by atoms with van der Waals surface area (Å²) in [6, 6.07) is 24.3. The molecule has 4 aromatic rings. The second-order valence-electron chi connectivity index (χ2n) is 7.26. The minimum atomic E-state index is -3.82. The summed E-state index contributed by atoms with van der Waals surface area (Å²) in [6.45, 7) is 1.92. The Bertz CT molecular complexity index is 1240. The zero-order chi connectivity index (χ0) is 21.0. The van der Waals surface area contributed by atoms with Crippen LogP contribution >= 0.6 is 0 Å². The summed E-state index contributed by atoms with van der Waals surface area (Å²) in [5.74, 6) is 0. The molecule has 0 atom stereocenters. The fraction of sp³-hybridized carbons (Fsp3) is 0.125. The van der Waals surface area contributed by atoms with Crippen molar-refractivity contribution in [3.63, 3.8) is 0 Å². The first-order chi connectivity index (χ1) is 14.5. The number of sulfonamides is 1. The number of aryl methyl sites for hydroxylation is 1. The molecule has 2 aromatic carbocycles. The quantitative estimate of drug-likeness (QED) is 0.429. The number of H-pyrrole nitrogens is 2. The van der Waals surface area contributed by atoms with E-state index in [4.69, 9.17) is 0 Å². The molecule has 0 saturated heterocycles. The van der Waals surface area contributed by atoms with Crippen LogP contribution in [0, 0.1) is 6.92 Å². The lowest BCUT2D eigenvalue weighted by atomic mass is 10.1. The highest BCUT2D eigenvalue weighted by Crippen LogP contribution is 2.18. The molecule has 30 heavy (non-hydrogen) atoms. The number of rotatable bonds is 7.